The van der Waals surface area contributed by atoms with E-state index in [0.29, 0.717) is 13.0 Å². The van der Waals surface area contributed by atoms with Crippen molar-refractivity contribution in [3.63, 3.8) is 0 Å². The average molecular weight is 276 g/mol. The van der Waals surface area contributed by atoms with Crippen molar-refractivity contribution in [1.82, 2.24) is 5.32 Å². The molecule has 84 valence electrons. The molecule has 0 aliphatic rings. The van der Waals surface area contributed by atoms with E-state index in [2.05, 4.69) is 21.2 Å². The minimum Gasteiger partial charge on any atom is -0.393 e. The van der Waals surface area contributed by atoms with Gasteiger partial charge in [0, 0.05) is 11.0 Å². The molecule has 0 aliphatic carbocycles. The van der Waals surface area contributed by atoms with Gasteiger partial charge in [-0.2, -0.15) is 0 Å². The summed E-state index contributed by atoms with van der Waals surface area (Å²) in [4.78, 5) is 0. The monoisotopic (exact) mass is 275 g/mol. The number of hydrogen-bond donors (Lipinski definition) is 2. The first-order chi connectivity index (χ1) is 7.08. The summed E-state index contributed by atoms with van der Waals surface area (Å²) < 4.78 is 13.7. The first kappa shape index (κ1) is 12.6. The highest BCUT2D eigenvalue weighted by Gasteiger charge is 1.99. The highest BCUT2D eigenvalue weighted by molar-refractivity contribution is 9.10. The SMILES string of the molecule is CC(O)CCNCc1cc(F)cc(Br)c1. The molecular formula is C11H15BrFNO. The molecule has 0 bridgehead atoms. The van der Waals surface area contributed by atoms with Gasteiger partial charge in [0.1, 0.15) is 5.82 Å². The van der Waals surface area contributed by atoms with Gasteiger partial charge in [0.25, 0.3) is 0 Å². The standard InChI is InChI=1S/C11H15BrFNO/c1-8(15)2-3-14-7-9-4-10(12)6-11(13)5-9/h4-6,8,14-15H,2-3,7H2,1H3. The maximum Gasteiger partial charge on any atom is 0.124 e. The van der Waals surface area contributed by atoms with Gasteiger partial charge in [-0.15, -0.1) is 0 Å². The predicted molar refractivity (Wildman–Crippen MR) is 62.1 cm³/mol. The largest absolute Gasteiger partial charge is 0.393 e. The molecule has 0 aromatic heterocycles. The van der Waals surface area contributed by atoms with Crippen molar-refractivity contribution >= 4 is 15.9 Å². The molecule has 0 spiro atoms. The van der Waals surface area contributed by atoms with Crippen LogP contribution >= 0.6 is 15.9 Å². The molecule has 15 heavy (non-hydrogen) atoms. The number of aliphatic hydroxyl groups excluding tert-OH is 1. The molecule has 1 unspecified atom stereocenters. The normalized spacial score (nSPS) is 12.8. The Labute approximate surface area is 97.6 Å². The molecular weight excluding hydrogens is 261 g/mol. The van der Waals surface area contributed by atoms with Crippen molar-refractivity contribution in [2.24, 2.45) is 0 Å². The Morgan fingerprint density at radius 2 is 2.20 bits per heavy atom. The van der Waals surface area contributed by atoms with Crippen LogP contribution in [-0.4, -0.2) is 17.8 Å². The van der Waals surface area contributed by atoms with E-state index in [1.165, 1.54) is 12.1 Å². The molecule has 0 fully saturated rings. The molecule has 1 aromatic rings. The highest BCUT2D eigenvalue weighted by Crippen LogP contribution is 2.14. The first-order valence-electron chi connectivity index (χ1n) is 4.91. The van der Waals surface area contributed by atoms with Crippen LogP contribution in [0, 0.1) is 5.82 Å². The van der Waals surface area contributed by atoms with E-state index in [0.717, 1.165) is 16.6 Å². The average Bonchev–Trinajstić information content (AvgIpc) is 2.10. The Hall–Kier alpha value is -0.450. The van der Waals surface area contributed by atoms with Gasteiger partial charge in [-0.1, -0.05) is 15.9 Å². The molecule has 1 rings (SSSR count). The zero-order chi connectivity index (χ0) is 11.3. The molecule has 0 aliphatic heterocycles. The lowest BCUT2D eigenvalue weighted by Gasteiger charge is -2.07. The van der Waals surface area contributed by atoms with Crippen molar-refractivity contribution in [3.8, 4) is 0 Å². The van der Waals surface area contributed by atoms with Crippen LogP contribution in [0.3, 0.4) is 0 Å². The Morgan fingerprint density at radius 1 is 1.47 bits per heavy atom. The van der Waals surface area contributed by atoms with Gasteiger partial charge in [-0.25, -0.2) is 4.39 Å². The van der Waals surface area contributed by atoms with Crippen molar-refractivity contribution < 1.29 is 9.50 Å². The third-order valence-electron chi connectivity index (χ3n) is 1.99. The van der Waals surface area contributed by atoms with Crippen LogP contribution in [0.5, 0.6) is 0 Å². The second-order valence-corrected chi connectivity index (χ2v) is 4.51. The van der Waals surface area contributed by atoms with Crippen LogP contribution in [0.15, 0.2) is 22.7 Å². The lowest BCUT2D eigenvalue weighted by molar-refractivity contribution is 0.183. The number of halogens is 2. The number of rotatable bonds is 5. The summed E-state index contributed by atoms with van der Waals surface area (Å²) in [6.45, 7) is 3.09. The van der Waals surface area contributed by atoms with Gasteiger partial charge >= 0.3 is 0 Å². The van der Waals surface area contributed by atoms with Crippen LogP contribution in [0.4, 0.5) is 4.39 Å². The lowest BCUT2D eigenvalue weighted by Crippen LogP contribution is -2.18. The molecule has 2 nitrogen and oxygen atoms in total. The molecule has 0 heterocycles. The van der Waals surface area contributed by atoms with Crippen LogP contribution in [0.25, 0.3) is 0 Å². The van der Waals surface area contributed by atoms with Gasteiger partial charge in [0.2, 0.25) is 0 Å². The van der Waals surface area contributed by atoms with E-state index >= 15 is 0 Å². The second kappa shape index (κ2) is 6.20. The molecule has 0 radical (unpaired) electrons. The van der Waals surface area contributed by atoms with Crippen molar-refractivity contribution in [2.75, 3.05) is 6.54 Å². The summed E-state index contributed by atoms with van der Waals surface area (Å²) in [5.74, 6) is -0.239. The fourth-order valence-electron chi connectivity index (χ4n) is 1.26. The van der Waals surface area contributed by atoms with Gasteiger partial charge in [-0.3, -0.25) is 0 Å². The third-order valence-corrected chi connectivity index (χ3v) is 2.45. The van der Waals surface area contributed by atoms with Gasteiger partial charge in [0.05, 0.1) is 6.10 Å². The third kappa shape index (κ3) is 5.25. The van der Waals surface area contributed by atoms with Crippen molar-refractivity contribution in [2.45, 2.75) is 26.0 Å². The maximum absolute atomic E-state index is 13.0. The molecule has 0 saturated heterocycles. The summed E-state index contributed by atoms with van der Waals surface area (Å²) in [5, 5.41) is 12.2. The summed E-state index contributed by atoms with van der Waals surface area (Å²) >= 11 is 3.24. The molecule has 1 aromatic carbocycles. The molecule has 4 heteroatoms. The second-order valence-electron chi connectivity index (χ2n) is 3.59. The zero-order valence-corrected chi connectivity index (χ0v) is 10.2. The van der Waals surface area contributed by atoms with E-state index in [1.807, 2.05) is 6.07 Å². The van der Waals surface area contributed by atoms with Gasteiger partial charge in [-0.05, 0) is 43.7 Å². The van der Waals surface area contributed by atoms with Crippen LogP contribution in [0.1, 0.15) is 18.9 Å². The summed E-state index contributed by atoms with van der Waals surface area (Å²) in [6, 6.07) is 4.80. The van der Waals surface area contributed by atoms with Crippen LogP contribution in [0.2, 0.25) is 0 Å². The molecule has 0 saturated carbocycles. The van der Waals surface area contributed by atoms with Gasteiger partial charge < -0.3 is 10.4 Å². The van der Waals surface area contributed by atoms with E-state index in [4.69, 9.17) is 5.11 Å². The number of benzene rings is 1. The van der Waals surface area contributed by atoms with Crippen LogP contribution < -0.4 is 5.32 Å². The Morgan fingerprint density at radius 3 is 2.80 bits per heavy atom. The minimum absolute atomic E-state index is 0.239. The van der Waals surface area contributed by atoms with Gasteiger partial charge in [0.15, 0.2) is 0 Å². The highest BCUT2D eigenvalue weighted by atomic mass is 79.9. The number of aliphatic hydroxyl groups is 1. The molecule has 0 amide bonds. The Bertz CT molecular complexity index is 297. The summed E-state index contributed by atoms with van der Waals surface area (Å²) in [6.07, 6.45) is 0.410. The predicted octanol–water partition coefficient (Wildman–Crippen LogP) is 2.45. The van der Waals surface area contributed by atoms with Crippen LogP contribution in [-0.2, 0) is 6.54 Å². The molecule has 2 N–H and O–H groups in total. The van der Waals surface area contributed by atoms with Crippen molar-refractivity contribution in [3.05, 3.63) is 34.1 Å². The van der Waals surface area contributed by atoms with E-state index in [-0.39, 0.29) is 11.9 Å². The fourth-order valence-corrected chi connectivity index (χ4v) is 1.77. The Kier molecular flexibility index (Phi) is 5.22. The Balaban J connectivity index is 2.37. The van der Waals surface area contributed by atoms with E-state index in [1.54, 1.807) is 6.92 Å². The zero-order valence-electron chi connectivity index (χ0n) is 8.63. The van der Waals surface area contributed by atoms with Crippen molar-refractivity contribution in [1.29, 1.82) is 0 Å². The fraction of sp³-hybridized carbons (Fsp3) is 0.455. The maximum atomic E-state index is 13.0. The smallest absolute Gasteiger partial charge is 0.124 e. The summed E-state index contributed by atoms with van der Waals surface area (Å²) in [7, 11) is 0. The first-order valence-corrected chi connectivity index (χ1v) is 5.71. The quantitative estimate of drug-likeness (QED) is 0.810. The topological polar surface area (TPSA) is 32.3 Å². The molecule has 1 atom stereocenters. The van der Waals surface area contributed by atoms with E-state index < -0.39 is 0 Å². The number of nitrogens with one attached hydrogen (secondary N) is 1. The lowest BCUT2D eigenvalue weighted by atomic mass is 10.2. The summed E-state index contributed by atoms with van der Waals surface area (Å²) in [5.41, 5.74) is 0.896. The number of hydrogen-bond acceptors (Lipinski definition) is 2. The minimum atomic E-state index is -0.295. The van der Waals surface area contributed by atoms with E-state index in [9.17, 15) is 4.39 Å².